The molecule has 1 saturated heterocycles. The number of nitrogens with zero attached hydrogens (tertiary/aromatic N) is 3. The second-order valence-electron chi connectivity index (χ2n) is 7.87. The zero-order chi connectivity index (χ0) is 23.4. The van der Waals surface area contributed by atoms with Crippen LogP contribution in [0.5, 0.6) is 0 Å². The Labute approximate surface area is 188 Å². The van der Waals surface area contributed by atoms with Gasteiger partial charge in [-0.1, -0.05) is 12.1 Å². The molecule has 0 saturated carbocycles. The minimum absolute atomic E-state index is 0.156. The van der Waals surface area contributed by atoms with Gasteiger partial charge in [0, 0.05) is 31.0 Å². The molecule has 172 valence electrons. The molecule has 2 heterocycles. The minimum Gasteiger partial charge on any atom is -0.461 e. The summed E-state index contributed by atoms with van der Waals surface area (Å²) in [5.74, 6) is -0.967. The Kier molecular flexibility index (Phi) is 6.48. The Morgan fingerprint density at radius 3 is 2.24 bits per heavy atom. The molecular weight excluding hydrogens is 435 g/mol. The van der Waals surface area contributed by atoms with Crippen LogP contribution < -0.4 is 0 Å². The smallest absolute Gasteiger partial charge is 0.416 e. The molecule has 2 aromatic carbocycles. The normalized spacial score (nSPS) is 14.8. The van der Waals surface area contributed by atoms with Crippen molar-refractivity contribution in [3.63, 3.8) is 0 Å². The van der Waals surface area contributed by atoms with E-state index in [4.69, 9.17) is 4.74 Å². The van der Waals surface area contributed by atoms with Gasteiger partial charge in [-0.25, -0.2) is 4.68 Å². The number of halogens is 3. The first-order chi connectivity index (χ1) is 15.8. The minimum atomic E-state index is -4.44. The molecule has 1 aromatic heterocycles. The molecule has 4 rings (SSSR count). The number of ether oxygens (including phenoxy) is 1. The van der Waals surface area contributed by atoms with E-state index in [0.717, 1.165) is 23.4 Å². The van der Waals surface area contributed by atoms with Crippen LogP contribution in [0.1, 0.15) is 34.3 Å². The van der Waals surface area contributed by atoms with Crippen LogP contribution in [0, 0.1) is 5.92 Å². The molecule has 6 nitrogen and oxygen atoms in total. The zero-order valence-corrected chi connectivity index (χ0v) is 17.7. The fourth-order valence-corrected chi connectivity index (χ4v) is 3.74. The van der Waals surface area contributed by atoms with Crippen LogP contribution in [-0.4, -0.2) is 39.6 Å². The molecule has 0 atom stereocenters. The van der Waals surface area contributed by atoms with E-state index in [2.05, 4.69) is 5.10 Å². The lowest BCUT2D eigenvalue weighted by molar-refractivity contribution is -0.151. The van der Waals surface area contributed by atoms with E-state index in [1.807, 2.05) is 36.5 Å². The van der Waals surface area contributed by atoms with Crippen LogP contribution in [-0.2, 0) is 22.3 Å². The van der Waals surface area contributed by atoms with Gasteiger partial charge in [0.05, 0.1) is 17.2 Å². The molecule has 0 N–H and O–H groups in total. The summed E-state index contributed by atoms with van der Waals surface area (Å²) in [7, 11) is 0. The second-order valence-corrected chi connectivity index (χ2v) is 7.87. The number of likely N-dealkylation sites (tertiary alicyclic amines) is 1. The topological polar surface area (TPSA) is 64.4 Å². The zero-order valence-electron chi connectivity index (χ0n) is 17.7. The number of aromatic nitrogens is 2. The van der Waals surface area contributed by atoms with Crippen molar-refractivity contribution >= 4 is 11.9 Å². The number of alkyl halides is 3. The summed E-state index contributed by atoms with van der Waals surface area (Å²) < 4.78 is 45.3. The molecule has 0 aliphatic carbocycles. The van der Waals surface area contributed by atoms with Crippen molar-refractivity contribution in [2.45, 2.75) is 25.6 Å². The van der Waals surface area contributed by atoms with Gasteiger partial charge in [-0.2, -0.15) is 18.3 Å². The van der Waals surface area contributed by atoms with Gasteiger partial charge < -0.3 is 9.64 Å². The molecule has 33 heavy (non-hydrogen) atoms. The SMILES string of the molecule is O=C(OCc1ccc(-n2cccn2)cc1)C1CCN(C(=O)c2ccc(C(F)(F)F)cc2)CC1. The maximum atomic E-state index is 12.7. The molecule has 0 radical (unpaired) electrons. The lowest BCUT2D eigenvalue weighted by Crippen LogP contribution is -2.40. The second kappa shape index (κ2) is 9.48. The molecule has 1 fully saturated rings. The van der Waals surface area contributed by atoms with Crippen LogP contribution in [0.3, 0.4) is 0 Å². The summed E-state index contributed by atoms with van der Waals surface area (Å²) in [4.78, 5) is 26.6. The van der Waals surface area contributed by atoms with Crippen LogP contribution in [0.2, 0.25) is 0 Å². The van der Waals surface area contributed by atoms with Gasteiger partial charge in [-0.15, -0.1) is 0 Å². The van der Waals surface area contributed by atoms with Crippen molar-refractivity contribution in [2.24, 2.45) is 5.92 Å². The highest BCUT2D eigenvalue weighted by Gasteiger charge is 2.31. The average Bonchev–Trinajstić information content (AvgIpc) is 3.37. The van der Waals surface area contributed by atoms with Gasteiger partial charge in [-0.3, -0.25) is 9.59 Å². The number of rotatable bonds is 5. The van der Waals surface area contributed by atoms with E-state index < -0.39 is 11.7 Å². The van der Waals surface area contributed by atoms with Crippen LogP contribution in [0.4, 0.5) is 13.2 Å². The molecular formula is C24H22F3N3O3. The maximum absolute atomic E-state index is 12.7. The maximum Gasteiger partial charge on any atom is 0.416 e. The first-order valence-corrected chi connectivity index (χ1v) is 10.5. The molecule has 3 aromatic rings. The Morgan fingerprint density at radius 1 is 1.00 bits per heavy atom. The predicted octanol–water partition coefficient (Wildman–Crippen LogP) is 4.49. The Balaban J connectivity index is 1.25. The van der Waals surface area contributed by atoms with E-state index in [1.165, 1.54) is 12.1 Å². The Bertz CT molecular complexity index is 1090. The quantitative estimate of drug-likeness (QED) is 0.530. The van der Waals surface area contributed by atoms with Crippen molar-refractivity contribution in [1.82, 2.24) is 14.7 Å². The molecule has 1 amide bonds. The highest BCUT2D eigenvalue weighted by Crippen LogP contribution is 2.29. The van der Waals surface area contributed by atoms with Gasteiger partial charge in [0.25, 0.3) is 5.91 Å². The van der Waals surface area contributed by atoms with Gasteiger partial charge in [0.2, 0.25) is 0 Å². The van der Waals surface area contributed by atoms with Crippen molar-refractivity contribution in [3.8, 4) is 5.69 Å². The van der Waals surface area contributed by atoms with Gasteiger partial charge in [0.1, 0.15) is 6.61 Å². The summed E-state index contributed by atoms with van der Waals surface area (Å²) in [5, 5.41) is 4.16. The number of benzene rings is 2. The molecule has 1 aliphatic rings. The molecule has 0 bridgehead atoms. The first kappa shape index (κ1) is 22.6. The molecule has 0 spiro atoms. The summed E-state index contributed by atoms with van der Waals surface area (Å²) >= 11 is 0. The fourth-order valence-electron chi connectivity index (χ4n) is 3.74. The molecule has 1 aliphatic heterocycles. The predicted molar refractivity (Wildman–Crippen MR) is 113 cm³/mol. The van der Waals surface area contributed by atoms with Crippen molar-refractivity contribution < 1.29 is 27.5 Å². The van der Waals surface area contributed by atoms with Gasteiger partial charge >= 0.3 is 12.1 Å². The number of hydrogen-bond acceptors (Lipinski definition) is 4. The van der Waals surface area contributed by atoms with E-state index in [0.29, 0.717) is 25.9 Å². The summed E-state index contributed by atoms with van der Waals surface area (Å²) in [5.41, 5.74) is 1.16. The van der Waals surface area contributed by atoms with E-state index >= 15 is 0 Å². The van der Waals surface area contributed by atoms with Crippen molar-refractivity contribution in [1.29, 1.82) is 0 Å². The van der Waals surface area contributed by atoms with Crippen LogP contribution in [0.25, 0.3) is 5.69 Å². The third-order valence-corrected chi connectivity index (χ3v) is 5.66. The van der Waals surface area contributed by atoms with E-state index in [9.17, 15) is 22.8 Å². The number of hydrogen-bond donors (Lipinski definition) is 0. The average molecular weight is 457 g/mol. The third-order valence-electron chi connectivity index (χ3n) is 5.66. The lowest BCUT2D eigenvalue weighted by Gasteiger charge is -2.31. The standard InChI is InChI=1S/C24H22F3N3O3/c25-24(26,27)20-6-4-18(5-7-20)22(31)29-14-10-19(11-15-29)23(32)33-16-17-2-8-21(9-3-17)30-13-1-12-28-30/h1-9,12-13,19H,10-11,14-16H2. The third kappa shape index (κ3) is 5.42. The fraction of sp³-hybridized carbons (Fsp3) is 0.292. The molecule has 9 heteroatoms. The van der Waals surface area contributed by atoms with E-state index in [-0.39, 0.29) is 30.0 Å². The van der Waals surface area contributed by atoms with Gasteiger partial charge in [-0.05, 0) is 60.9 Å². The number of carbonyl (C=O) groups is 2. The monoisotopic (exact) mass is 457 g/mol. The number of piperidine rings is 1. The largest absolute Gasteiger partial charge is 0.461 e. The Hall–Kier alpha value is -3.62. The highest BCUT2D eigenvalue weighted by atomic mass is 19.4. The number of carbonyl (C=O) groups excluding carboxylic acids is 2. The Morgan fingerprint density at radius 2 is 1.67 bits per heavy atom. The van der Waals surface area contributed by atoms with Crippen molar-refractivity contribution in [3.05, 3.63) is 83.7 Å². The summed E-state index contributed by atoms with van der Waals surface area (Å²) in [6.45, 7) is 0.847. The number of amides is 1. The summed E-state index contributed by atoms with van der Waals surface area (Å²) in [6, 6.07) is 13.5. The lowest BCUT2D eigenvalue weighted by atomic mass is 9.96. The van der Waals surface area contributed by atoms with E-state index in [1.54, 1.807) is 15.8 Å². The summed E-state index contributed by atoms with van der Waals surface area (Å²) in [6.07, 6.45) is -0.0171. The number of esters is 1. The van der Waals surface area contributed by atoms with Crippen LogP contribution >= 0.6 is 0 Å². The van der Waals surface area contributed by atoms with Crippen molar-refractivity contribution in [2.75, 3.05) is 13.1 Å². The molecule has 0 unspecified atom stereocenters. The first-order valence-electron chi connectivity index (χ1n) is 10.5. The van der Waals surface area contributed by atoms with Crippen LogP contribution in [0.15, 0.2) is 67.0 Å². The van der Waals surface area contributed by atoms with Gasteiger partial charge in [0.15, 0.2) is 0 Å². The highest BCUT2D eigenvalue weighted by molar-refractivity contribution is 5.94.